The molecule has 0 aromatic heterocycles. The number of rotatable bonds is 3. The number of aryl methyl sites for hydroxylation is 1. The largest absolute Gasteiger partial charge is 0.271 e. The van der Waals surface area contributed by atoms with Crippen molar-refractivity contribution in [3.63, 3.8) is 0 Å². The Morgan fingerprint density at radius 1 is 1.15 bits per heavy atom. The Morgan fingerprint density at radius 3 is 2.55 bits per heavy atom. The number of hydrogen-bond acceptors (Lipinski definition) is 2. The third-order valence-electron chi connectivity index (χ3n) is 2.66. The van der Waals surface area contributed by atoms with Gasteiger partial charge in [-0.3, -0.25) is 4.79 Å². The van der Waals surface area contributed by atoms with Gasteiger partial charge in [0.2, 0.25) is 0 Å². The average molecular weight is 274 g/mol. The fraction of sp³-hybridized carbons (Fsp3) is 0.0667. The highest BCUT2D eigenvalue weighted by atomic mass is 19.2. The van der Waals surface area contributed by atoms with Gasteiger partial charge in [-0.05, 0) is 25.1 Å². The van der Waals surface area contributed by atoms with E-state index >= 15 is 0 Å². The molecule has 0 bridgehead atoms. The SMILES string of the molecule is Cc1ccc(C(=O)N/N=C/c2cccc(F)c2F)cc1. The van der Waals surface area contributed by atoms with E-state index in [-0.39, 0.29) is 5.56 Å². The molecular formula is C15H12F2N2O. The van der Waals surface area contributed by atoms with Crippen LogP contribution in [0.15, 0.2) is 47.6 Å². The quantitative estimate of drug-likeness (QED) is 0.678. The number of nitrogens with one attached hydrogen (secondary N) is 1. The minimum atomic E-state index is -0.999. The standard InChI is InChI=1S/C15H12F2N2O/c1-10-5-7-11(8-6-10)15(20)19-18-9-12-3-2-4-13(16)14(12)17/h2-9H,1H3,(H,19,20)/b18-9+. The Hall–Kier alpha value is -2.56. The molecule has 2 aromatic carbocycles. The van der Waals surface area contributed by atoms with Gasteiger partial charge in [0.25, 0.3) is 5.91 Å². The first-order valence-electron chi connectivity index (χ1n) is 5.92. The monoisotopic (exact) mass is 274 g/mol. The van der Waals surface area contributed by atoms with Crippen LogP contribution in [0, 0.1) is 18.6 Å². The number of amides is 1. The van der Waals surface area contributed by atoms with Crippen molar-refractivity contribution in [2.24, 2.45) is 5.10 Å². The van der Waals surface area contributed by atoms with Crippen molar-refractivity contribution in [3.8, 4) is 0 Å². The van der Waals surface area contributed by atoms with E-state index in [9.17, 15) is 13.6 Å². The summed E-state index contributed by atoms with van der Waals surface area (Å²) < 4.78 is 26.3. The van der Waals surface area contributed by atoms with Crippen molar-refractivity contribution in [3.05, 3.63) is 70.8 Å². The highest BCUT2D eigenvalue weighted by Crippen LogP contribution is 2.09. The van der Waals surface area contributed by atoms with Crippen LogP contribution >= 0.6 is 0 Å². The normalized spacial score (nSPS) is 10.8. The predicted molar refractivity (Wildman–Crippen MR) is 72.6 cm³/mol. The molecule has 102 valence electrons. The molecule has 1 N–H and O–H groups in total. The first kappa shape index (κ1) is 13.9. The summed E-state index contributed by atoms with van der Waals surface area (Å²) >= 11 is 0. The van der Waals surface area contributed by atoms with Gasteiger partial charge < -0.3 is 0 Å². The molecule has 0 aliphatic rings. The van der Waals surface area contributed by atoms with Crippen molar-refractivity contribution in [1.82, 2.24) is 5.43 Å². The number of carbonyl (C=O) groups is 1. The van der Waals surface area contributed by atoms with Crippen LogP contribution in [-0.2, 0) is 0 Å². The van der Waals surface area contributed by atoms with Crippen molar-refractivity contribution >= 4 is 12.1 Å². The average Bonchev–Trinajstić information content (AvgIpc) is 2.44. The summed E-state index contributed by atoms with van der Waals surface area (Å²) in [5.41, 5.74) is 3.69. The number of benzene rings is 2. The zero-order valence-corrected chi connectivity index (χ0v) is 10.7. The molecule has 1 amide bonds. The second-order valence-electron chi connectivity index (χ2n) is 4.21. The van der Waals surface area contributed by atoms with Crippen LogP contribution in [0.5, 0.6) is 0 Å². The molecule has 2 rings (SSSR count). The van der Waals surface area contributed by atoms with Crippen LogP contribution in [0.3, 0.4) is 0 Å². The van der Waals surface area contributed by atoms with Crippen molar-refractivity contribution in [2.45, 2.75) is 6.92 Å². The summed E-state index contributed by atoms with van der Waals surface area (Å²) in [6.45, 7) is 1.91. The topological polar surface area (TPSA) is 41.5 Å². The Kier molecular flexibility index (Phi) is 4.20. The third kappa shape index (κ3) is 3.26. The third-order valence-corrected chi connectivity index (χ3v) is 2.66. The van der Waals surface area contributed by atoms with Gasteiger partial charge in [-0.1, -0.05) is 29.8 Å². The van der Waals surface area contributed by atoms with Crippen LogP contribution in [-0.4, -0.2) is 12.1 Å². The van der Waals surface area contributed by atoms with Crippen molar-refractivity contribution in [2.75, 3.05) is 0 Å². The molecule has 0 saturated heterocycles. The van der Waals surface area contributed by atoms with Gasteiger partial charge in [-0.2, -0.15) is 5.10 Å². The number of carbonyl (C=O) groups excluding carboxylic acids is 1. The highest BCUT2D eigenvalue weighted by Gasteiger charge is 2.06. The van der Waals surface area contributed by atoms with Gasteiger partial charge in [-0.15, -0.1) is 0 Å². The van der Waals surface area contributed by atoms with Gasteiger partial charge >= 0.3 is 0 Å². The Bertz CT molecular complexity index is 651. The summed E-state index contributed by atoms with van der Waals surface area (Å²) in [6, 6.07) is 10.6. The van der Waals surface area contributed by atoms with E-state index in [1.54, 1.807) is 24.3 Å². The fourth-order valence-electron chi connectivity index (χ4n) is 1.55. The van der Waals surface area contributed by atoms with Crippen LogP contribution in [0.25, 0.3) is 0 Å². The summed E-state index contributed by atoms with van der Waals surface area (Å²) in [4.78, 5) is 11.7. The molecule has 0 aliphatic carbocycles. The van der Waals surface area contributed by atoms with E-state index in [4.69, 9.17) is 0 Å². The number of halogens is 2. The van der Waals surface area contributed by atoms with E-state index in [1.807, 2.05) is 6.92 Å². The Morgan fingerprint density at radius 2 is 1.85 bits per heavy atom. The molecular weight excluding hydrogens is 262 g/mol. The van der Waals surface area contributed by atoms with Gasteiger partial charge in [-0.25, -0.2) is 14.2 Å². The van der Waals surface area contributed by atoms with Gasteiger partial charge in [0.15, 0.2) is 11.6 Å². The zero-order chi connectivity index (χ0) is 14.5. The second-order valence-corrected chi connectivity index (χ2v) is 4.21. The van der Waals surface area contributed by atoms with Crippen molar-refractivity contribution < 1.29 is 13.6 Å². The summed E-state index contributed by atoms with van der Waals surface area (Å²) in [7, 11) is 0. The lowest BCUT2D eigenvalue weighted by atomic mass is 10.1. The number of hydrogen-bond donors (Lipinski definition) is 1. The van der Waals surface area contributed by atoms with Crippen LogP contribution in [0.1, 0.15) is 21.5 Å². The summed E-state index contributed by atoms with van der Waals surface area (Å²) in [5, 5.41) is 3.61. The molecule has 20 heavy (non-hydrogen) atoms. The minimum Gasteiger partial charge on any atom is -0.267 e. The summed E-state index contributed by atoms with van der Waals surface area (Å²) in [5.74, 6) is -2.38. The van der Waals surface area contributed by atoms with E-state index in [0.29, 0.717) is 5.56 Å². The van der Waals surface area contributed by atoms with E-state index in [1.165, 1.54) is 12.1 Å². The Labute approximate surface area is 114 Å². The molecule has 0 heterocycles. The predicted octanol–water partition coefficient (Wildman–Crippen LogP) is 3.04. The maximum Gasteiger partial charge on any atom is 0.271 e. The molecule has 0 unspecified atom stereocenters. The fourth-order valence-corrected chi connectivity index (χ4v) is 1.55. The maximum atomic E-state index is 13.3. The first-order chi connectivity index (χ1) is 9.58. The second kappa shape index (κ2) is 6.06. The molecule has 0 aliphatic heterocycles. The minimum absolute atomic E-state index is 0.0331. The molecule has 0 radical (unpaired) electrons. The maximum absolute atomic E-state index is 13.3. The van der Waals surface area contributed by atoms with Gasteiger partial charge in [0, 0.05) is 11.1 Å². The molecule has 0 atom stereocenters. The number of nitrogens with zero attached hydrogens (tertiary/aromatic N) is 1. The zero-order valence-electron chi connectivity index (χ0n) is 10.7. The lowest BCUT2D eigenvalue weighted by molar-refractivity contribution is 0.0955. The molecule has 0 fully saturated rings. The van der Waals surface area contributed by atoms with Crippen LogP contribution < -0.4 is 5.43 Å². The Balaban J connectivity index is 2.04. The molecule has 0 spiro atoms. The van der Waals surface area contributed by atoms with Crippen molar-refractivity contribution in [1.29, 1.82) is 0 Å². The van der Waals surface area contributed by atoms with E-state index in [2.05, 4.69) is 10.5 Å². The molecule has 2 aromatic rings. The molecule has 0 saturated carbocycles. The van der Waals surface area contributed by atoms with E-state index in [0.717, 1.165) is 17.8 Å². The van der Waals surface area contributed by atoms with Crippen LogP contribution in [0.4, 0.5) is 8.78 Å². The number of hydrazone groups is 1. The molecule has 5 heteroatoms. The lowest BCUT2D eigenvalue weighted by Crippen LogP contribution is -2.17. The highest BCUT2D eigenvalue weighted by molar-refractivity contribution is 5.94. The van der Waals surface area contributed by atoms with E-state index < -0.39 is 17.5 Å². The van der Waals surface area contributed by atoms with Gasteiger partial charge in [0.1, 0.15) is 0 Å². The smallest absolute Gasteiger partial charge is 0.267 e. The molecule has 3 nitrogen and oxygen atoms in total. The lowest BCUT2D eigenvalue weighted by Gasteiger charge is -2.01. The summed E-state index contributed by atoms with van der Waals surface area (Å²) in [6.07, 6.45) is 1.06. The van der Waals surface area contributed by atoms with Crippen LogP contribution in [0.2, 0.25) is 0 Å². The van der Waals surface area contributed by atoms with Gasteiger partial charge in [0.05, 0.1) is 6.21 Å². The first-order valence-corrected chi connectivity index (χ1v) is 5.92.